The van der Waals surface area contributed by atoms with Gasteiger partial charge in [0.05, 0.1) is 0 Å². The Morgan fingerprint density at radius 3 is 2.72 bits per heavy atom. The molecule has 2 fully saturated rings. The minimum Gasteiger partial charge on any atom is -0.481 e. The van der Waals surface area contributed by atoms with Gasteiger partial charge in [0.2, 0.25) is 0 Å². The molecule has 2 aliphatic rings. The normalized spacial score (nSPS) is 41.4. The molecule has 0 aliphatic heterocycles. The molecule has 0 heterocycles. The van der Waals surface area contributed by atoms with Crippen molar-refractivity contribution in [2.45, 2.75) is 65.7 Å². The molecule has 0 aromatic rings. The Morgan fingerprint density at radius 1 is 1.39 bits per heavy atom. The zero-order chi connectivity index (χ0) is 13.3. The lowest BCUT2D eigenvalue weighted by Gasteiger charge is -2.46. The van der Waals surface area contributed by atoms with E-state index in [4.69, 9.17) is 5.11 Å². The van der Waals surface area contributed by atoms with Crippen LogP contribution in [0.4, 0.5) is 0 Å². The van der Waals surface area contributed by atoms with Crippen LogP contribution in [0.3, 0.4) is 0 Å². The summed E-state index contributed by atoms with van der Waals surface area (Å²) in [5.41, 5.74) is 0.424. The third-order valence-electron chi connectivity index (χ3n) is 6.11. The van der Waals surface area contributed by atoms with Crippen molar-refractivity contribution in [3.05, 3.63) is 0 Å². The smallest absolute Gasteiger partial charge is 0.303 e. The van der Waals surface area contributed by atoms with Gasteiger partial charge in [0, 0.05) is 6.42 Å². The molecule has 0 unspecified atom stereocenters. The lowest BCUT2D eigenvalue weighted by Crippen LogP contribution is -2.39. The van der Waals surface area contributed by atoms with E-state index in [0.717, 1.165) is 18.3 Å². The first-order valence-corrected chi connectivity index (χ1v) is 7.70. The Kier molecular flexibility index (Phi) is 4.03. The predicted molar refractivity (Wildman–Crippen MR) is 73.4 cm³/mol. The highest BCUT2D eigenvalue weighted by Gasteiger charge is 2.52. The van der Waals surface area contributed by atoms with Crippen molar-refractivity contribution in [3.63, 3.8) is 0 Å². The van der Waals surface area contributed by atoms with Crippen molar-refractivity contribution >= 4 is 5.97 Å². The highest BCUT2D eigenvalue weighted by atomic mass is 16.4. The molecule has 2 saturated carbocycles. The van der Waals surface area contributed by atoms with Crippen molar-refractivity contribution in [2.24, 2.45) is 29.1 Å². The van der Waals surface area contributed by atoms with Crippen LogP contribution in [0.2, 0.25) is 0 Å². The second kappa shape index (κ2) is 5.22. The Balaban J connectivity index is 2.15. The molecule has 0 amide bonds. The third kappa shape index (κ3) is 2.31. The van der Waals surface area contributed by atoms with Gasteiger partial charge in [0.1, 0.15) is 0 Å². The first-order valence-electron chi connectivity index (χ1n) is 7.70. The van der Waals surface area contributed by atoms with Crippen molar-refractivity contribution in [1.29, 1.82) is 0 Å². The number of carboxylic acids is 1. The fourth-order valence-electron chi connectivity index (χ4n) is 5.07. The van der Waals surface area contributed by atoms with Gasteiger partial charge in [0.25, 0.3) is 0 Å². The molecule has 5 atom stereocenters. The highest BCUT2D eigenvalue weighted by Crippen LogP contribution is 2.60. The van der Waals surface area contributed by atoms with E-state index in [-0.39, 0.29) is 0 Å². The Morgan fingerprint density at radius 2 is 2.11 bits per heavy atom. The quantitative estimate of drug-likeness (QED) is 0.808. The summed E-state index contributed by atoms with van der Waals surface area (Å²) >= 11 is 0. The monoisotopic (exact) mass is 252 g/mol. The Labute approximate surface area is 111 Å². The summed E-state index contributed by atoms with van der Waals surface area (Å²) in [5, 5.41) is 9.09. The van der Waals surface area contributed by atoms with Gasteiger partial charge >= 0.3 is 5.97 Å². The summed E-state index contributed by atoms with van der Waals surface area (Å²) in [6.45, 7) is 7.13. The third-order valence-corrected chi connectivity index (χ3v) is 6.11. The van der Waals surface area contributed by atoms with Crippen LogP contribution in [0, 0.1) is 29.1 Å². The van der Waals surface area contributed by atoms with Crippen LogP contribution < -0.4 is 0 Å². The van der Waals surface area contributed by atoms with Crippen LogP contribution in [-0.2, 0) is 4.79 Å². The number of hydrogen-bond acceptors (Lipinski definition) is 1. The largest absolute Gasteiger partial charge is 0.481 e. The van der Waals surface area contributed by atoms with Crippen molar-refractivity contribution in [1.82, 2.24) is 0 Å². The van der Waals surface area contributed by atoms with Gasteiger partial charge in [-0.1, -0.05) is 33.6 Å². The van der Waals surface area contributed by atoms with Crippen molar-refractivity contribution < 1.29 is 9.90 Å². The van der Waals surface area contributed by atoms with E-state index < -0.39 is 5.97 Å². The lowest BCUT2D eigenvalue weighted by molar-refractivity contribution is -0.139. The summed E-state index contributed by atoms with van der Waals surface area (Å²) in [6.07, 6.45) is 7.94. The number of carbonyl (C=O) groups is 1. The second-order valence-corrected chi connectivity index (χ2v) is 6.93. The number of hydrogen-bond donors (Lipinski definition) is 1. The summed E-state index contributed by atoms with van der Waals surface area (Å²) < 4.78 is 0. The maximum atomic E-state index is 11.0. The van der Waals surface area contributed by atoms with Crippen molar-refractivity contribution in [2.75, 3.05) is 0 Å². The maximum Gasteiger partial charge on any atom is 0.303 e. The zero-order valence-electron chi connectivity index (χ0n) is 12.1. The average Bonchev–Trinajstić information content (AvgIpc) is 2.66. The van der Waals surface area contributed by atoms with E-state index in [1.807, 2.05) is 0 Å². The highest BCUT2D eigenvalue weighted by molar-refractivity contribution is 5.67. The number of aliphatic carboxylic acids is 1. The van der Waals surface area contributed by atoms with Gasteiger partial charge in [0.15, 0.2) is 0 Å². The molecule has 2 nitrogen and oxygen atoms in total. The van der Waals surface area contributed by atoms with Crippen LogP contribution in [-0.4, -0.2) is 11.1 Å². The minimum absolute atomic E-state index is 0.396. The molecule has 2 aliphatic carbocycles. The maximum absolute atomic E-state index is 11.0. The van der Waals surface area contributed by atoms with Gasteiger partial charge in [-0.3, -0.25) is 4.79 Å². The summed E-state index contributed by atoms with van der Waals surface area (Å²) in [6, 6.07) is 0. The topological polar surface area (TPSA) is 37.3 Å². The van der Waals surface area contributed by atoms with E-state index in [0.29, 0.717) is 23.7 Å². The molecule has 2 heteroatoms. The minimum atomic E-state index is -0.601. The van der Waals surface area contributed by atoms with Gasteiger partial charge in [-0.05, 0) is 54.8 Å². The first-order chi connectivity index (χ1) is 8.49. The molecule has 0 radical (unpaired) electrons. The van der Waals surface area contributed by atoms with Gasteiger partial charge in [-0.15, -0.1) is 0 Å². The number of rotatable bonds is 4. The summed E-state index contributed by atoms with van der Waals surface area (Å²) in [4.78, 5) is 11.0. The molecule has 0 aromatic heterocycles. The summed E-state index contributed by atoms with van der Waals surface area (Å²) in [7, 11) is 0. The molecule has 0 bridgehead atoms. The molecular weight excluding hydrogens is 224 g/mol. The fourth-order valence-corrected chi connectivity index (χ4v) is 5.07. The first kappa shape index (κ1) is 13.9. The number of carboxylic acid groups (broad SMARTS) is 1. The number of fused-ring (bicyclic) bond motifs is 1. The average molecular weight is 252 g/mol. The Hall–Kier alpha value is -0.530. The van der Waals surface area contributed by atoms with Crippen LogP contribution in [0.25, 0.3) is 0 Å². The molecule has 0 saturated heterocycles. The molecular formula is C16H28O2. The molecule has 0 spiro atoms. The molecule has 2 rings (SSSR count). The van der Waals surface area contributed by atoms with Crippen LogP contribution in [0.15, 0.2) is 0 Å². The lowest BCUT2D eigenvalue weighted by atomic mass is 9.58. The van der Waals surface area contributed by atoms with Gasteiger partial charge in [-0.2, -0.15) is 0 Å². The van der Waals surface area contributed by atoms with E-state index in [1.165, 1.54) is 32.1 Å². The summed E-state index contributed by atoms with van der Waals surface area (Å²) in [5.74, 6) is 2.13. The Bertz CT molecular complexity index is 312. The molecule has 0 aromatic carbocycles. The van der Waals surface area contributed by atoms with Crippen LogP contribution in [0.1, 0.15) is 65.7 Å². The molecule has 104 valence electrons. The van der Waals surface area contributed by atoms with Crippen molar-refractivity contribution in [3.8, 4) is 0 Å². The van der Waals surface area contributed by atoms with Gasteiger partial charge in [-0.25, -0.2) is 0 Å². The van der Waals surface area contributed by atoms with E-state index in [9.17, 15) is 4.79 Å². The molecule has 1 N–H and O–H groups in total. The van der Waals surface area contributed by atoms with Crippen LogP contribution in [0.5, 0.6) is 0 Å². The van der Waals surface area contributed by atoms with E-state index >= 15 is 0 Å². The second-order valence-electron chi connectivity index (χ2n) is 6.93. The van der Waals surface area contributed by atoms with E-state index in [1.54, 1.807) is 0 Å². The van der Waals surface area contributed by atoms with E-state index in [2.05, 4.69) is 20.8 Å². The fraction of sp³-hybridized carbons (Fsp3) is 0.938. The zero-order valence-corrected chi connectivity index (χ0v) is 12.1. The molecule has 18 heavy (non-hydrogen) atoms. The SMILES string of the molecule is CC[C@H](C)[C@H]1CC[C@H]2[C@H](CC(=O)O)CCC[C@]12C. The standard InChI is InChI=1S/C16H28O2/c1-4-11(2)13-7-8-14-12(10-15(17)18)6-5-9-16(13,14)3/h11-14H,4-10H2,1-3H3,(H,17,18)/t11-,12-,13+,14-,16+/m0/s1. The van der Waals surface area contributed by atoms with Gasteiger partial charge < -0.3 is 5.11 Å². The predicted octanol–water partition coefficient (Wildman–Crippen LogP) is 4.34. The van der Waals surface area contributed by atoms with Crippen LogP contribution >= 0.6 is 0 Å².